The highest BCUT2D eigenvalue weighted by Gasteiger charge is 2.13. The van der Waals surface area contributed by atoms with E-state index in [0.29, 0.717) is 0 Å². The van der Waals surface area contributed by atoms with Gasteiger partial charge in [0.1, 0.15) is 0 Å². The van der Waals surface area contributed by atoms with Crippen LogP contribution in [0.15, 0.2) is 23.8 Å². The van der Waals surface area contributed by atoms with E-state index in [1.54, 1.807) is 12.2 Å². The van der Waals surface area contributed by atoms with E-state index < -0.39 is 5.97 Å². The highest BCUT2D eigenvalue weighted by Crippen LogP contribution is 2.14. The molecule has 2 nitrogen and oxygen atoms in total. The van der Waals surface area contributed by atoms with Crippen LogP contribution < -0.4 is 0 Å². The molecule has 1 N–H and O–H groups in total. The van der Waals surface area contributed by atoms with Crippen LogP contribution in [0.1, 0.15) is 6.92 Å². The standard InChI is InChI=1S/C7H8O2/c1-5-2-3-6(4-5)7(8)9/h2-4,6H,1H3,(H,8,9). The normalized spacial score (nSPS) is 24.1. The third-order valence-electron chi connectivity index (χ3n) is 1.29. The van der Waals surface area contributed by atoms with Crippen LogP contribution in [0.4, 0.5) is 0 Å². The quantitative estimate of drug-likeness (QED) is 0.570. The first-order valence-corrected chi connectivity index (χ1v) is 2.79. The number of hydrogen-bond donors (Lipinski definition) is 1. The Morgan fingerprint density at radius 3 is 2.67 bits per heavy atom. The summed E-state index contributed by atoms with van der Waals surface area (Å²) in [5.41, 5.74) is 1.03. The molecule has 2 heteroatoms. The van der Waals surface area contributed by atoms with Crippen molar-refractivity contribution in [1.82, 2.24) is 0 Å². The van der Waals surface area contributed by atoms with Gasteiger partial charge in [-0.1, -0.05) is 23.8 Å². The number of allylic oxidation sites excluding steroid dienone is 2. The lowest BCUT2D eigenvalue weighted by Crippen LogP contribution is -2.05. The second kappa shape index (κ2) is 2.05. The fourth-order valence-corrected chi connectivity index (χ4v) is 0.803. The summed E-state index contributed by atoms with van der Waals surface area (Å²) in [4.78, 5) is 10.3. The first kappa shape index (κ1) is 6.08. The van der Waals surface area contributed by atoms with Gasteiger partial charge in [0, 0.05) is 0 Å². The van der Waals surface area contributed by atoms with Crippen molar-refractivity contribution in [3.05, 3.63) is 23.8 Å². The first-order chi connectivity index (χ1) is 4.20. The lowest BCUT2D eigenvalue weighted by molar-refractivity contribution is -0.138. The van der Waals surface area contributed by atoms with Crippen LogP contribution >= 0.6 is 0 Å². The van der Waals surface area contributed by atoms with Gasteiger partial charge in [-0.15, -0.1) is 0 Å². The fourth-order valence-electron chi connectivity index (χ4n) is 0.803. The maximum Gasteiger partial charge on any atom is 0.314 e. The Labute approximate surface area is 53.5 Å². The van der Waals surface area contributed by atoms with Crippen molar-refractivity contribution in [2.24, 2.45) is 5.92 Å². The molecule has 1 rings (SSSR count). The maximum atomic E-state index is 10.3. The Morgan fingerprint density at radius 1 is 1.78 bits per heavy atom. The Kier molecular flexibility index (Phi) is 1.39. The van der Waals surface area contributed by atoms with Gasteiger partial charge in [-0.2, -0.15) is 0 Å². The van der Waals surface area contributed by atoms with Crippen molar-refractivity contribution < 1.29 is 9.90 Å². The third kappa shape index (κ3) is 1.19. The largest absolute Gasteiger partial charge is 0.481 e. The van der Waals surface area contributed by atoms with Crippen LogP contribution in [0.25, 0.3) is 0 Å². The van der Waals surface area contributed by atoms with Crippen molar-refractivity contribution >= 4 is 5.97 Å². The van der Waals surface area contributed by atoms with Gasteiger partial charge < -0.3 is 5.11 Å². The van der Waals surface area contributed by atoms with Crippen LogP contribution in [-0.2, 0) is 4.79 Å². The molecule has 0 aromatic carbocycles. The Balaban J connectivity index is 2.70. The maximum absolute atomic E-state index is 10.3. The SMILES string of the molecule is CC1=CC(C(=O)O)C=C1. The molecule has 0 radical (unpaired) electrons. The predicted octanol–water partition coefficient (Wildman–Crippen LogP) is 1.20. The summed E-state index contributed by atoms with van der Waals surface area (Å²) in [6.07, 6.45) is 5.22. The molecule has 48 valence electrons. The Morgan fingerprint density at radius 2 is 2.44 bits per heavy atom. The molecule has 1 aliphatic carbocycles. The number of carboxylic acid groups (broad SMARTS) is 1. The van der Waals surface area contributed by atoms with Crippen LogP contribution in [0.2, 0.25) is 0 Å². The summed E-state index contributed by atoms with van der Waals surface area (Å²) in [6.45, 7) is 1.89. The van der Waals surface area contributed by atoms with Gasteiger partial charge in [0.25, 0.3) is 0 Å². The third-order valence-corrected chi connectivity index (χ3v) is 1.29. The van der Waals surface area contributed by atoms with E-state index in [1.807, 2.05) is 13.0 Å². The van der Waals surface area contributed by atoms with Crippen molar-refractivity contribution in [3.63, 3.8) is 0 Å². The number of carboxylic acids is 1. The molecule has 1 atom stereocenters. The van der Waals surface area contributed by atoms with E-state index in [9.17, 15) is 4.79 Å². The molecule has 0 aromatic heterocycles. The lowest BCUT2D eigenvalue weighted by atomic mass is 10.2. The molecule has 0 spiro atoms. The summed E-state index contributed by atoms with van der Waals surface area (Å²) in [5, 5.41) is 8.44. The number of carbonyl (C=O) groups is 1. The average Bonchev–Trinajstić information content (AvgIpc) is 2.14. The molecule has 1 unspecified atom stereocenters. The van der Waals surface area contributed by atoms with Crippen molar-refractivity contribution in [3.8, 4) is 0 Å². The molecule has 0 bridgehead atoms. The number of aliphatic carboxylic acids is 1. The van der Waals surface area contributed by atoms with Gasteiger partial charge in [0.15, 0.2) is 0 Å². The summed E-state index contributed by atoms with van der Waals surface area (Å²) in [7, 11) is 0. The molecular weight excluding hydrogens is 116 g/mol. The predicted molar refractivity (Wildman–Crippen MR) is 34.0 cm³/mol. The molecular formula is C7H8O2. The average molecular weight is 124 g/mol. The Hall–Kier alpha value is -1.05. The van der Waals surface area contributed by atoms with Crippen LogP contribution in [0, 0.1) is 5.92 Å². The van der Waals surface area contributed by atoms with Gasteiger partial charge in [-0.3, -0.25) is 4.79 Å². The summed E-state index contributed by atoms with van der Waals surface area (Å²) in [6, 6.07) is 0. The zero-order chi connectivity index (χ0) is 6.85. The van der Waals surface area contributed by atoms with Gasteiger partial charge in [-0.25, -0.2) is 0 Å². The van der Waals surface area contributed by atoms with Gasteiger partial charge >= 0.3 is 5.97 Å². The molecule has 0 saturated carbocycles. The van der Waals surface area contributed by atoms with Crippen LogP contribution in [0.5, 0.6) is 0 Å². The molecule has 0 aliphatic heterocycles. The molecule has 0 amide bonds. The minimum absolute atomic E-state index is 0.384. The monoisotopic (exact) mass is 124 g/mol. The van der Waals surface area contributed by atoms with Crippen LogP contribution in [0.3, 0.4) is 0 Å². The minimum Gasteiger partial charge on any atom is -0.481 e. The molecule has 0 fully saturated rings. The highest BCUT2D eigenvalue weighted by molar-refractivity contribution is 5.76. The van der Waals surface area contributed by atoms with E-state index in [0.717, 1.165) is 5.57 Å². The molecule has 0 saturated heterocycles. The zero-order valence-electron chi connectivity index (χ0n) is 5.16. The second-order valence-corrected chi connectivity index (χ2v) is 2.13. The van der Waals surface area contributed by atoms with Gasteiger partial charge in [-0.05, 0) is 6.92 Å². The topological polar surface area (TPSA) is 37.3 Å². The first-order valence-electron chi connectivity index (χ1n) is 2.79. The Bertz CT molecular complexity index is 189. The van der Waals surface area contributed by atoms with Crippen molar-refractivity contribution in [1.29, 1.82) is 0 Å². The van der Waals surface area contributed by atoms with E-state index >= 15 is 0 Å². The summed E-state index contributed by atoms with van der Waals surface area (Å²) < 4.78 is 0. The fraction of sp³-hybridized carbons (Fsp3) is 0.286. The van der Waals surface area contributed by atoms with E-state index in [2.05, 4.69) is 0 Å². The molecule has 0 aromatic rings. The van der Waals surface area contributed by atoms with Gasteiger partial charge in [0.05, 0.1) is 5.92 Å². The van der Waals surface area contributed by atoms with E-state index in [-0.39, 0.29) is 5.92 Å². The van der Waals surface area contributed by atoms with E-state index in [4.69, 9.17) is 5.11 Å². The van der Waals surface area contributed by atoms with Crippen molar-refractivity contribution in [2.45, 2.75) is 6.92 Å². The van der Waals surface area contributed by atoms with Crippen molar-refractivity contribution in [2.75, 3.05) is 0 Å². The van der Waals surface area contributed by atoms with Gasteiger partial charge in [0.2, 0.25) is 0 Å². The number of rotatable bonds is 1. The number of hydrogen-bond acceptors (Lipinski definition) is 1. The van der Waals surface area contributed by atoms with Crippen LogP contribution in [-0.4, -0.2) is 11.1 Å². The molecule has 9 heavy (non-hydrogen) atoms. The highest BCUT2D eigenvalue weighted by atomic mass is 16.4. The minimum atomic E-state index is -0.775. The molecule has 0 heterocycles. The lowest BCUT2D eigenvalue weighted by Gasteiger charge is -1.92. The summed E-state index contributed by atoms with van der Waals surface area (Å²) in [5.74, 6) is -1.16. The smallest absolute Gasteiger partial charge is 0.314 e. The zero-order valence-corrected chi connectivity index (χ0v) is 5.16. The summed E-state index contributed by atoms with van der Waals surface area (Å²) >= 11 is 0. The van der Waals surface area contributed by atoms with E-state index in [1.165, 1.54) is 0 Å². The second-order valence-electron chi connectivity index (χ2n) is 2.13. The molecule has 1 aliphatic rings.